The normalized spacial score (nSPS) is 23.1. The Morgan fingerprint density at radius 2 is 1.07 bits per heavy atom. The van der Waals surface area contributed by atoms with Gasteiger partial charge in [-0.2, -0.15) is 30.9 Å². The average molecular weight is 1210 g/mol. The molecule has 85 heavy (non-hydrogen) atoms. The van der Waals surface area contributed by atoms with Crippen LogP contribution < -0.4 is 4.90 Å². The molecule has 0 amide bonds. The number of benzene rings is 7. The Labute approximate surface area is 498 Å². The van der Waals surface area contributed by atoms with Crippen LogP contribution >= 0.6 is 0 Å². The summed E-state index contributed by atoms with van der Waals surface area (Å²) in [5.74, 6) is -5.91. The summed E-state index contributed by atoms with van der Waals surface area (Å²) in [5.41, 5.74) is 12.3. The predicted molar refractivity (Wildman–Crippen MR) is 329 cm³/mol. The average Bonchev–Trinajstić information content (AvgIpc) is 3.21. The Kier molecular flexibility index (Phi) is 16.0. The number of halogens is 6. The van der Waals surface area contributed by atoms with E-state index in [4.69, 9.17) is 0 Å². The second-order valence-corrected chi connectivity index (χ2v) is 28.3. The molecule has 0 aromatic heterocycles. The van der Waals surface area contributed by atoms with Crippen LogP contribution in [0.25, 0.3) is 21.5 Å². The first-order valence-corrected chi connectivity index (χ1v) is 33.0. The van der Waals surface area contributed by atoms with Gasteiger partial charge in [-0.15, -0.1) is 3.71 Å². The summed E-state index contributed by atoms with van der Waals surface area (Å²) in [6, 6.07) is 58.1. The molecule has 7 nitrogen and oxygen atoms in total. The van der Waals surface area contributed by atoms with Crippen molar-refractivity contribution in [2.24, 2.45) is 0 Å². The molecule has 2 spiro atoms. The van der Waals surface area contributed by atoms with E-state index in [0.717, 1.165) is 62.8 Å². The van der Waals surface area contributed by atoms with E-state index in [1.165, 1.54) is 105 Å². The van der Waals surface area contributed by atoms with Crippen molar-refractivity contribution in [2.45, 2.75) is 122 Å². The molecule has 13 rings (SSSR count). The lowest BCUT2D eigenvalue weighted by Crippen LogP contribution is -2.66. The van der Waals surface area contributed by atoms with E-state index >= 15 is 8.42 Å². The minimum atomic E-state index is -5.91. The van der Waals surface area contributed by atoms with Crippen molar-refractivity contribution in [1.82, 2.24) is 3.71 Å². The zero-order valence-corrected chi connectivity index (χ0v) is 49.6. The molecule has 1 saturated heterocycles. The number of allylic oxidation sites excluding steroid dienone is 7. The predicted octanol–water partition coefficient (Wildman–Crippen LogP) is 16.5. The maximum absolute atomic E-state index is 15.4. The quantitative estimate of drug-likeness (QED) is 0.0953. The van der Waals surface area contributed by atoms with E-state index in [9.17, 15) is 34.8 Å². The first kappa shape index (κ1) is 58.7. The van der Waals surface area contributed by atoms with Gasteiger partial charge in [0.05, 0.1) is 15.2 Å². The molecule has 0 N–H and O–H groups in total. The molecule has 6 aliphatic rings. The Balaban J connectivity index is 0.000000415. The third-order valence-corrected chi connectivity index (χ3v) is 23.4. The number of rotatable bonds is 11. The van der Waals surface area contributed by atoms with Crippen molar-refractivity contribution in [3.63, 3.8) is 0 Å². The highest BCUT2D eigenvalue weighted by Gasteiger charge is 2.82. The Hall–Kier alpha value is -6.72. The number of fused-ring (bicyclic) bond motifs is 8. The van der Waals surface area contributed by atoms with Gasteiger partial charge >= 0.3 is 16.4 Å². The van der Waals surface area contributed by atoms with E-state index in [1.54, 1.807) is 12.1 Å². The summed E-state index contributed by atoms with van der Waals surface area (Å²) in [5, 5.41) is -5.67. The molecule has 3 fully saturated rings. The standard InChI is InChI=1S/C65H63N2O2S.C4H3F6NO2S2/c68-70(69,54-26-10-3-11-27-54)63-52(34-38-59-64(42-16-4-17-43-64)61-55-28-14-12-24-50(55)32-36-57(61)66(59)46-40-48-20-6-1-7-21-48)30-31-53(63)35-39-60-65(44-18-5-19-45-65)62-56-29-15-13-25-51(56)33-37-58(62)67(60)47-41-49-22-8-2-9-23-49;1-11-14(12)3(7,8)2(5,6)4(9,10)15(11)13/h1-3,6-15,20-29,32-39H,4-5,16-19,30-31,40-47H2;1H3/q+1;. The summed E-state index contributed by atoms with van der Waals surface area (Å²) in [6.45, 7) is 1.70. The third kappa shape index (κ3) is 10.1. The van der Waals surface area contributed by atoms with Crippen molar-refractivity contribution < 1.29 is 47.8 Å². The maximum atomic E-state index is 15.4. The second-order valence-electron chi connectivity index (χ2n) is 23.1. The number of alkyl halides is 6. The molecule has 0 radical (unpaired) electrons. The van der Waals surface area contributed by atoms with Gasteiger partial charge in [0.1, 0.15) is 0 Å². The highest BCUT2D eigenvalue weighted by molar-refractivity contribution is 7.99. The van der Waals surface area contributed by atoms with Gasteiger partial charge in [0.15, 0.2) is 34.2 Å². The van der Waals surface area contributed by atoms with E-state index in [1.807, 2.05) is 18.2 Å². The summed E-state index contributed by atoms with van der Waals surface area (Å²) in [6.07, 6.45) is 23.9. The summed E-state index contributed by atoms with van der Waals surface area (Å²) >= 11 is 0. The molecule has 2 unspecified atom stereocenters. The van der Waals surface area contributed by atoms with Crippen molar-refractivity contribution in [1.29, 1.82) is 0 Å². The first-order valence-electron chi connectivity index (χ1n) is 29.3. The van der Waals surface area contributed by atoms with Gasteiger partial charge < -0.3 is 4.90 Å². The topological polar surface area (TPSA) is 77.8 Å². The smallest absolute Gasteiger partial charge is 0.344 e. The fourth-order valence-corrected chi connectivity index (χ4v) is 18.5. The zero-order chi connectivity index (χ0) is 59.4. The lowest BCUT2D eigenvalue weighted by molar-refractivity contribution is -0.437. The van der Waals surface area contributed by atoms with Crippen LogP contribution in [0.4, 0.5) is 37.7 Å². The minimum Gasteiger partial charge on any atom is -0.344 e. The van der Waals surface area contributed by atoms with Gasteiger partial charge in [-0.05, 0) is 125 Å². The van der Waals surface area contributed by atoms with Gasteiger partial charge in [0, 0.05) is 54.5 Å². The van der Waals surface area contributed by atoms with Gasteiger partial charge in [-0.3, -0.25) is 0 Å². The molecule has 3 aliphatic carbocycles. The number of anilines is 1. The monoisotopic (exact) mass is 1210 g/mol. The van der Waals surface area contributed by atoms with Crippen LogP contribution in [0.3, 0.4) is 0 Å². The van der Waals surface area contributed by atoms with Gasteiger partial charge in [-0.25, -0.2) is 16.8 Å². The van der Waals surface area contributed by atoms with E-state index < -0.39 is 52.0 Å². The molecular weight excluding hydrogens is 1140 g/mol. The molecule has 7 aromatic carbocycles. The van der Waals surface area contributed by atoms with Crippen LogP contribution in [-0.4, -0.2) is 67.4 Å². The first-order chi connectivity index (χ1) is 40.9. The molecule has 2 saturated carbocycles. The molecule has 3 aliphatic heterocycles. The second kappa shape index (κ2) is 23.2. The molecule has 3 heterocycles. The number of sulfone groups is 1. The minimum absolute atomic E-state index is 0.151. The molecule has 7 aromatic rings. The third-order valence-electron chi connectivity index (χ3n) is 18.4. The lowest BCUT2D eigenvalue weighted by atomic mass is 9.66. The highest BCUT2D eigenvalue weighted by Crippen LogP contribution is 2.59. The fraction of sp³-hybridized carbons (Fsp3) is 0.319. The Morgan fingerprint density at radius 1 is 0.553 bits per heavy atom. The Bertz CT molecular complexity index is 4010. The van der Waals surface area contributed by atoms with E-state index in [-0.39, 0.29) is 10.8 Å². The summed E-state index contributed by atoms with van der Waals surface area (Å²) in [4.78, 5) is 3.44. The maximum Gasteiger partial charge on any atom is 0.404 e. The van der Waals surface area contributed by atoms with Crippen LogP contribution in [0.1, 0.15) is 99.3 Å². The summed E-state index contributed by atoms with van der Waals surface area (Å²) in [7, 11) is -11.1. The van der Waals surface area contributed by atoms with E-state index in [0.29, 0.717) is 29.7 Å². The number of hydrogen-bond donors (Lipinski definition) is 0. The van der Waals surface area contributed by atoms with Gasteiger partial charge in [-0.1, -0.05) is 184 Å². The van der Waals surface area contributed by atoms with Crippen molar-refractivity contribution in [3.8, 4) is 0 Å². The van der Waals surface area contributed by atoms with Crippen LogP contribution in [0.15, 0.2) is 215 Å². The van der Waals surface area contributed by atoms with Crippen LogP contribution in [0.2, 0.25) is 0 Å². The SMILES string of the molecule is CN1S(=O)C(F)(F)C(F)(F)C(F)(F)S1=O.O=S(=O)(C1=C(/C=C/C2=[N+](CCc3ccccc3)c3ccc4ccccc4c3C23CCCCC3)CC/C1=C\C=C1\N(CCc2ccccc2)c2ccc3ccccc3c2C12CCCCC2)c1ccccc1. The van der Waals surface area contributed by atoms with Crippen LogP contribution in [0, 0.1) is 0 Å². The van der Waals surface area contributed by atoms with Gasteiger partial charge in [0.25, 0.3) is 0 Å². The van der Waals surface area contributed by atoms with Crippen molar-refractivity contribution in [2.75, 3.05) is 25.0 Å². The fourth-order valence-electron chi connectivity index (χ4n) is 14.3. The molecule has 440 valence electrons. The van der Waals surface area contributed by atoms with Crippen molar-refractivity contribution in [3.05, 3.63) is 232 Å². The Morgan fingerprint density at radius 3 is 1.67 bits per heavy atom. The van der Waals surface area contributed by atoms with E-state index in [2.05, 4.69) is 167 Å². The number of nitrogens with zero attached hydrogens (tertiary/aromatic N) is 3. The highest BCUT2D eigenvalue weighted by atomic mass is 32.3. The lowest BCUT2D eigenvalue weighted by Gasteiger charge is -2.38. The van der Waals surface area contributed by atoms with Gasteiger partial charge in [0.2, 0.25) is 15.5 Å². The summed E-state index contributed by atoms with van der Waals surface area (Å²) < 4.78 is 130. The molecule has 0 bridgehead atoms. The molecular formula is C69H66F6N3O4S3+. The van der Waals surface area contributed by atoms with Crippen LogP contribution in [0.5, 0.6) is 0 Å². The molecule has 2 atom stereocenters. The van der Waals surface area contributed by atoms with Crippen LogP contribution in [-0.2, 0) is 55.5 Å². The zero-order valence-electron chi connectivity index (χ0n) is 47.2. The number of hydrogen-bond acceptors (Lipinski definition) is 5. The molecule has 16 heteroatoms. The largest absolute Gasteiger partial charge is 0.404 e. The van der Waals surface area contributed by atoms with Crippen molar-refractivity contribution >= 4 is 70.4 Å².